The van der Waals surface area contributed by atoms with Crippen LogP contribution in [0.5, 0.6) is 0 Å². The third kappa shape index (κ3) is 6.77. The maximum atomic E-state index is 10.7. The Labute approximate surface area is 177 Å². The van der Waals surface area contributed by atoms with Crippen molar-refractivity contribution in [3.63, 3.8) is 0 Å². The first-order valence-corrected chi connectivity index (χ1v) is 10.9. The Balaban J connectivity index is 1.61. The zero-order valence-corrected chi connectivity index (χ0v) is 17.5. The van der Waals surface area contributed by atoms with Crippen LogP contribution < -0.4 is 5.73 Å². The largest absolute Gasteiger partial charge is 0.387 e. The number of rotatable bonds is 11. The molecule has 0 aliphatic rings. The van der Waals surface area contributed by atoms with Gasteiger partial charge in [-0.2, -0.15) is 0 Å². The van der Waals surface area contributed by atoms with Gasteiger partial charge in [-0.3, -0.25) is 4.90 Å². The zero-order chi connectivity index (χ0) is 20.5. The molecule has 154 valence electrons. The first-order valence-electron chi connectivity index (χ1n) is 10.1. The highest BCUT2D eigenvalue weighted by Crippen LogP contribution is 2.20. The standard InChI is InChI=1S/C24H30N2O2S/c25-16-22-14-13-21(29-22)12-7-15-26(17-23(27)19-8-3-1-4-9-19)18-24(28)20-10-5-2-6-11-20/h1-6,8-11,13-14,23-24,27-28H,7,12,15-18,25H2/t23-,24-/m1/s1. The van der Waals surface area contributed by atoms with Crippen molar-refractivity contribution >= 4 is 11.3 Å². The van der Waals surface area contributed by atoms with Gasteiger partial charge in [0.1, 0.15) is 0 Å². The Bertz CT molecular complexity index is 791. The molecular formula is C24H30N2O2S. The quantitative estimate of drug-likeness (QED) is 0.448. The monoisotopic (exact) mass is 410 g/mol. The summed E-state index contributed by atoms with van der Waals surface area (Å²) in [6.45, 7) is 2.38. The van der Waals surface area contributed by atoms with Crippen LogP contribution in [-0.2, 0) is 13.0 Å². The molecule has 0 aliphatic heterocycles. The first-order chi connectivity index (χ1) is 14.2. The molecule has 2 aromatic carbocycles. The van der Waals surface area contributed by atoms with E-state index in [1.54, 1.807) is 11.3 Å². The van der Waals surface area contributed by atoms with Crippen molar-refractivity contribution in [3.8, 4) is 0 Å². The van der Waals surface area contributed by atoms with Gasteiger partial charge >= 0.3 is 0 Å². The number of aryl methyl sites for hydroxylation is 1. The third-order valence-electron chi connectivity index (χ3n) is 5.05. The molecule has 3 aromatic rings. The van der Waals surface area contributed by atoms with Crippen LogP contribution in [0.25, 0.3) is 0 Å². The summed E-state index contributed by atoms with van der Waals surface area (Å²) in [5, 5.41) is 21.4. The number of hydrogen-bond donors (Lipinski definition) is 3. The molecule has 4 nitrogen and oxygen atoms in total. The van der Waals surface area contributed by atoms with E-state index in [-0.39, 0.29) is 0 Å². The fourth-order valence-corrected chi connectivity index (χ4v) is 4.39. The molecule has 0 unspecified atom stereocenters. The maximum absolute atomic E-state index is 10.7. The topological polar surface area (TPSA) is 69.7 Å². The fraction of sp³-hybridized carbons (Fsp3) is 0.333. The van der Waals surface area contributed by atoms with Gasteiger partial charge in [0.25, 0.3) is 0 Å². The minimum Gasteiger partial charge on any atom is -0.387 e. The lowest BCUT2D eigenvalue weighted by Gasteiger charge is -2.27. The van der Waals surface area contributed by atoms with Crippen molar-refractivity contribution in [2.75, 3.05) is 19.6 Å². The minimum atomic E-state index is -0.579. The minimum absolute atomic E-state index is 0.492. The molecular weight excluding hydrogens is 380 g/mol. The first kappa shape index (κ1) is 21.7. The summed E-state index contributed by atoms with van der Waals surface area (Å²) in [5.41, 5.74) is 7.51. The van der Waals surface area contributed by atoms with Crippen molar-refractivity contribution in [1.29, 1.82) is 0 Å². The van der Waals surface area contributed by atoms with E-state index < -0.39 is 12.2 Å². The second-order valence-electron chi connectivity index (χ2n) is 7.29. The molecule has 29 heavy (non-hydrogen) atoms. The van der Waals surface area contributed by atoms with Gasteiger partial charge in [0.2, 0.25) is 0 Å². The molecule has 1 aromatic heterocycles. The van der Waals surface area contributed by atoms with Crippen LogP contribution in [-0.4, -0.2) is 34.7 Å². The second kappa shape index (κ2) is 11.2. The van der Waals surface area contributed by atoms with E-state index in [2.05, 4.69) is 17.0 Å². The lowest BCUT2D eigenvalue weighted by atomic mass is 10.1. The average Bonchev–Trinajstić information content (AvgIpc) is 3.23. The Morgan fingerprint density at radius 3 is 1.76 bits per heavy atom. The Kier molecular flexibility index (Phi) is 8.40. The van der Waals surface area contributed by atoms with Crippen LogP contribution in [0.3, 0.4) is 0 Å². The molecule has 3 rings (SSSR count). The highest BCUT2D eigenvalue weighted by atomic mass is 32.1. The van der Waals surface area contributed by atoms with Crippen LogP contribution in [0.2, 0.25) is 0 Å². The van der Waals surface area contributed by atoms with E-state index in [1.807, 2.05) is 60.7 Å². The van der Waals surface area contributed by atoms with E-state index in [0.717, 1.165) is 30.5 Å². The van der Waals surface area contributed by atoms with Crippen molar-refractivity contribution in [2.45, 2.75) is 31.6 Å². The summed E-state index contributed by atoms with van der Waals surface area (Å²) in [7, 11) is 0. The summed E-state index contributed by atoms with van der Waals surface area (Å²) in [6, 6.07) is 23.7. The van der Waals surface area contributed by atoms with Crippen molar-refractivity contribution in [1.82, 2.24) is 4.90 Å². The summed E-state index contributed by atoms with van der Waals surface area (Å²) in [6.07, 6.45) is 0.784. The molecule has 0 bridgehead atoms. The van der Waals surface area contributed by atoms with Gasteiger partial charge in [-0.15, -0.1) is 11.3 Å². The van der Waals surface area contributed by atoms with E-state index >= 15 is 0 Å². The Hall–Kier alpha value is -2.02. The van der Waals surface area contributed by atoms with Crippen LogP contribution in [0.1, 0.15) is 39.5 Å². The SMILES string of the molecule is NCc1ccc(CCCN(C[C@@H](O)c2ccccc2)C[C@@H](O)c2ccccc2)s1. The smallest absolute Gasteiger partial charge is 0.0916 e. The molecule has 0 saturated carbocycles. The molecule has 0 fully saturated rings. The number of aliphatic hydroxyl groups excluding tert-OH is 2. The van der Waals surface area contributed by atoms with Gasteiger partial charge in [0.05, 0.1) is 12.2 Å². The predicted molar refractivity (Wildman–Crippen MR) is 120 cm³/mol. The van der Waals surface area contributed by atoms with E-state index in [0.29, 0.717) is 19.6 Å². The van der Waals surface area contributed by atoms with Gasteiger partial charge in [-0.05, 0) is 42.6 Å². The Morgan fingerprint density at radius 1 is 0.759 bits per heavy atom. The van der Waals surface area contributed by atoms with Crippen LogP contribution in [0.4, 0.5) is 0 Å². The summed E-state index contributed by atoms with van der Waals surface area (Å²) in [4.78, 5) is 4.70. The molecule has 0 aliphatic carbocycles. The zero-order valence-electron chi connectivity index (χ0n) is 16.7. The second-order valence-corrected chi connectivity index (χ2v) is 8.54. The van der Waals surface area contributed by atoms with Crippen LogP contribution in [0, 0.1) is 0 Å². The summed E-state index contributed by atoms with van der Waals surface area (Å²) >= 11 is 1.76. The molecule has 0 spiro atoms. The van der Waals surface area contributed by atoms with Gasteiger partial charge in [0, 0.05) is 29.4 Å². The number of hydrogen-bond acceptors (Lipinski definition) is 5. The maximum Gasteiger partial charge on any atom is 0.0916 e. The van der Waals surface area contributed by atoms with E-state index in [1.165, 1.54) is 9.75 Å². The number of nitrogens with two attached hydrogens (primary N) is 1. The summed E-state index contributed by atoms with van der Waals surface area (Å²) < 4.78 is 0. The van der Waals surface area contributed by atoms with Crippen molar-refractivity contribution in [3.05, 3.63) is 93.7 Å². The van der Waals surface area contributed by atoms with E-state index in [9.17, 15) is 10.2 Å². The molecule has 4 N–H and O–H groups in total. The summed E-state index contributed by atoms with van der Waals surface area (Å²) in [5.74, 6) is 0. The van der Waals surface area contributed by atoms with Crippen LogP contribution >= 0.6 is 11.3 Å². The van der Waals surface area contributed by atoms with Gasteiger partial charge < -0.3 is 15.9 Å². The third-order valence-corrected chi connectivity index (χ3v) is 6.21. The molecule has 0 radical (unpaired) electrons. The molecule has 0 amide bonds. The van der Waals surface area contributed by atoms with E-state index in [4.69, 9.17) is 5.73 Å². The number of nitrogens with zero attached hydrogens (tertiary/aromatic N) is 1. The molecule has 5 heteroatoms. The predicted octanol–water partition coefficient (Wildman–Crippen LogP) is 3.91. The average molecular weight is 411 g/mol. The van der Waals surface area contributed by atoms with Gasteiger partial charge in [-0.25, -0.2) is 0 Å². The fourth-order valence-electron chi connectivity index (χ4n) is 3.45. The highest BCUT2D eigenvalue weighted by molar-refractivity contribution is 7.11. The highest BCUT2D eigenvalue weighted by Gasteiger charge is 2.18. The molecule has 0 saturated heterocycles. The van der Waals surface area contributed by atoms with Gasteiger partial charge in [0.15, 0.2) is 0 Å². The lowest BCUT2D eigenvalue weighted by molar-refractivity contribution is 0.0682. The van der Waals surface area contributed by atoms with Gasteiger partial charge in [-0.1, -0.05) is 60.7 Å². The van der Waals surface area contributed by atoms with Crippen molar-refractivity contribution in [2.24, 2.45) is 5.73 Å². The molecule has 2 atom stereocenters. The lowest BCUT2D eigenvalue weighted by Crippen LogP contribution is -2.33. The Morgan fingerprint density at radius 2 is 1.28 bits per heavy atom. The molecule has 1 heterocycles. The van der Waals surface area contributed by atoms with Crippen molar-refractivity contribution < 1.29 is 10.2 Å². The van der Waals surface area contributed by atoms with Crippen LogP contribution in [0.15, 0.2) is 72.8 Å². The number of aliphatic hydroxyl groups is 2. The number of thiophene rings is 1. The number of benzene rings is 2. The normalized spacial score (nSPS) is 13.5.